The third-order valence-electron chi connectivity index (χ3n) is 3.31. The first kappa shape index (κ1) is 16.5. The molecule has 0 heterocycles. The molecule has 2 aromatic carbocycles. The summed E-state index contributed by atoms with van der Waals surface area (Å²) < 4.78 is 0. The number of rotatable bonds is 5. The lowest BCUT2D eigenvalue weighted by atomic mass is 10.1. The molecule has 0 aliphatic rings. The maximum atomic E-state index is 12.0. The molecule has 2 rings (SSSR count). The smallest absolute Gasteiger partial charge is 0.251 e. The minimum absolute atomic E-state index is 0.160. The molecule has 3 N–H and O–H groups in total. The molecule has 0 aromatic heterocycles. The third-order valence-corrected chi connectivity index (χ3v) is 3.31. The second-order valence-corrected chi connectivity index (χ2v) is 5.44. The van der Waals surface area contributed by atoms with E-state index in [9.17, 15) is 9.59 Å². The highest BCUT2D eigenvalue weighted by molar-refractivity contribution is 5.98. The van der Waals surface area contributed by atoms with E-state index in [0.717, 1.165) is 16.8 Å². The van der Waals surface area contributed by atoms with E-state index in [1.54, 1.807) is 31.3 Å². The summed E-state index contributed by atoms with van der Waals surface area (Å²) in [6.45, 7) is 4.19. The van der Waals surface area contributed by atoms with E-state index < -0.39 is 0 Å². The van der Waals surface area contributed by atoms with E-state index >= 15 is 0 Å². The largest absolute Gasteiger partial charge is 0.376 e. The quantitative estimate of drug-likeness (QED) is 0.795. The number of carbonyl (C=O) groups is 2. The van der Waals surface area contributed by atoms with Gasteiger partial charge in [0.25, 0.3) is 5.91 Å². The van der Waals surface area contributed by atoms with Gasteiger partial charge in [0.05, 0.1) is 6.54 Å². The molecule has 5 nitrogen and oxygen atoms in total. The van der Waals surface area contributed by atoms with Crippen LogP contribution in [0.3, 0.4) is 0 Å². The van der Waals surface area contributed by atoms with Crippen LogP contribution in [0, 0.1) is 13.8 Å². The van der Waals surface area contributed by atoms with Gasteiger partial charge in [0, 0.05) is 24.0 Å². The summed E-state index contributed by atoms with van der Waals surface area (Å²) in [5.41, 5.74) is 4.31. The number of nitrogens with one attached hydrogen (secondary N) is 3. The molecule has 0 saturated heterocycles. The monoisotopic (exact) mass is 311 g/mol. The van der Waals surface area contributed by atoms with Gasteiger partial charge in [-0.1, -0.05) is 12.1 Å². The molecule has 23 heavy (non-hydrogen) atoms. The molecule has 0 radical (unpaired) electrons. The van der Waals surface area contributed by atoms with Crippen LogP contribution >= 0.6 is 0 Å². The Hall–Kier alpha value is -2.82. The highest BCUT2D eigenvalue weighted by atomic mass is 16.2. The molecule has 120 valence electrons. The predicted molar refractivity (Wildman–Crippen MR) is 92.9 cm³/mol. The fourth-order valence-corrected chi connectivity index (χ4v) is 2.35. The highest BCUT2D eigenvalue weighted by Crippen LogP contribution is 2.14. The van der Waals surface area contributed by atoms with Crippen LogP contribution in [0.5, 0.6) is 0 Å². The predicted octanol–water partition coefficient (Wildman–Crippen LogP) is 2.71. The van der Waals surface area contributed by atoms with Crippen LogP contribution in [-0.4, -0.2) is 25.4 Å². The van der Waals surface area contributed by atoms with Crippen LogP contribution in [0.4, 0.5) is 11.4 Å². The van der Waals surface area contributed by atoms with Gasteiger partial charge < -0.3 is 16.0 Å². The van der Waals surface area contributed by atoms with Gasteiger partial charge in [-0.05, 0) is 55.3 Å². The number of hydrogen-bond donors (Lipinski definition) is 3. The van der Waals surface area contributed by atoms with E-state index in [4.69, 9.17) is 0 Å². The van der Waals surface area contributed by atoms with Gasteiger partial charge in [-0.3, -0.25) is 9.59 Å². The Morgan fingerprint density at radius 3 is 2.30 bits per heavy atom. The Morgan fingerprint density at radius 2 is 1.65 bits per heavy atom. The van der Waals surface area contributed by atoms with Crippen LogP contribution in [0.1, 0.15) is 21.5 Å². The van der Waals surface area contributed by atoms with Crippen molar-refractivity contribution in [3.8, 4) is 0 Å². The minimum Gasteiger partial charge on any atom is -0.376 e. The first-order chi connectivity index (χ1) is 11.0. The minimum atomic E-state index is -0.186. The van der Waals surface area contributed by atoms with Crippen LogP contribution < -0.4 is 16.0 Å². The number of amides is 2. The molecule has 0 aliphatic carbocycles. The fourth-order valence-electron chi connectivity index (χ4n) is 2.35. The fraction of sp³-hybridized carbons (Fsp3) is 0.222. The standard InChI is InChI=1S/C18H21N3O2/c1-12-7-13(2)9-16(8-12)20-11-17(22)21-15-6-4-5-14(10-15)18(23)19-3/h4-10,20H,11H2,1-3H3,(H,19,23)(H,21,22). The zero-order valence-electron chi connectivity index (χ0n) is 13.6. The van der Waals surface area contributed by atoms with Crippen LogP contribution in [-0.2, 0) is 4.79 Å². The molecule has 2 amide bonds. The van der Waals surface area contributed by atoms with Crippen molar-refractivity contribution in [3.05, 3.63) is 59.2 Å². The van der Waals surface area contributed by atoms with E-state index in [1.807, 2.05) is 26.0 Å². The first-order valence-corrected chi connectivity index (χ1v) is 7.42. The number of benzene rings is 2. The lowest BCUT2D eigenvalue weighted by Gasteiger charge is -2.10. The van der Waals surface area contributed by atoms with E-state index in [1.165, 1.54) is 0 Å². The molecule has 0 aliphatic heterocycles. The number of hydrogen-bond acceptors (Lipinski definition) is 3. The summed E-state index contributed by atoms with van der Waals surface area (Å²) in [6, 6.07) is 12.9. The van der Waals surface area contributed by atoms with Crippen molar-refractivity contribution in [2.75, 3.05) is 24.2 Å². The van der Waals surface area contributed by atoms with Gasteiger partial charge in [0.2, 0.25) is 5.91 Å². The Balaban J connectivity index is 1.96. The number of aryl methyl sites for hydroxylation is 2. The van der Waals surface area contributed by atoms with Crippen molar-refractivity contribution in [2.24, 2.45) is 0 Å². The topological polar surface area (TPSA) is 70.2 Å². The van der Waals surface area contributed by atoms with E-state index in [-0.39, 0.29) is 18.4 Å². The van der Waals surface area contributed by atoms with Crippen LogP contribution in [0.15, 0.2) is 42.5 Å². The molecule has 0 fully saturated rings. The Kier molecular flexibility index (Phi) is 5.36. The second kappa shape index (κ2) is 7.45. The summed E-state index contributed by atoms with van der Waals surface area (Å²) in [5, 5.41) is 8.44. The SMILES string of the molecule is CNC(=O)c1cccc(NC(=O)CNc2cc(C)cc(C)c2)c1. The van der Waals surface area contributed by atoms with E-state index in [0.29, 0.717) is 11.3 Å². The van der Waals surface area contributed by atoms with E-state index in [2.05, 4.69) is 22.0 Å². The summed E-state index contributed by atoms with van der Waals surface area (Å²) in [5.74, 6) is -0.354. The Labute approximate surface area is 136 Å². The van der Waals surface area contributed by atoms with Gasteiger partial charge in [-0.2, -0.15) is 0 Å². The number of anilines is 2. The summed E-state index contributed by atoms with van der Waals surface area (Å²) >= 11 is 0. The van der Waals surface area contributed by atoms with Crippen molar-refractivity contribution >= 4 is 23.2 Å². The van der Waals surface area contributed by atoms with Gasteiger partial charge in [0.1, 0.15) is 0 Å². The maximum absolute atomic E-state index is 12.0. The van der Waals surface area contributed by atoms with Gasteiger partial charge >= 0.3 is 0 Å². The van der Waals surface area contributed by atoms with Crippen molar-refractivity contribution in [1.82, 2.24) is 5.32 Å². The van der Waals surface area contributed by atoms with Crippen LogP contribution in [0.25, 0.3) is 0 Å². The molecule has 0 bridgehead atoms. The summed E-state index contributed by atoms with van der Waals surface area (Å²) in [7, 11) is 1.57. The molecule has 0 saturated carbocycles. The number of carbonyl (C=O) groups excluding carboxylic acids is 2. The lowest BCUT2D eigenvalue weighted by molar-refractivity contribution is -0.114. The van der Waals surface area contributed by atoms with Gasteiger partial charge in [0.15, 0.2) is 0 Å². The van der Waals surface area contributed by atoms with Gasteiger partial charge in [-0.15, -0.1) is 0 Å². The molecule has 2 aromatic rings. The maximum Gasteiger partial charge on any atom is 0.251 e. The first-order valence-electron chi connectivity index (χ1n) is 7.42. The van der Waals surface area contributed by atoms with Crippen molar-refractivity contribution in [3.63, 3.8) is 0 Å². The van der Waals surface area contributed by atoms with Gasteiger partial charge in [-0.25, -0.2) is 0 Å². The average Bonchev–Trinajstić information content (AvgIpc) is 2.51. The average molecular weight is 311 g/mol. The van der Waals surface area contributed by atoms with Crippen molar-refractivity contribution < 1.29 is 9.59 Å². The normalized spacial score (nSPS) is 10.0. The zero-order valence-corrected chi connectivity index (χ0v) is 13.6. The molecule has 0 unspecified atom stereocenters. The van der Waals surface area contributed by atoms with Crippen molar-refractivity contribution in [2.45, 2.75) is 13.8 Å². The molecular formula is C18H21N3O2. The molecule has 0 atom stereocenters. The Morgan fingerprint density at radius 1 is 0.957 bits per heavy atom. The highest BCUT2D eigenvalue weighted by Gasteiger charge is 2.06. The molecular weight excluding hydrogens is 290 g/mol. The summed E-state index contributed by atoms with van der Waals surface area (Å²) in [6.07, 6.45) is 0. The zero-order chi connectivity index (χ0) is 16.8. The summed E-state index contributed by atoms with van der Waals surface area (Å²) in [4.78, 5) is 23.6. The second-order valence-electron chi connectivity index (χ2n) is 5.44. The van der Waals surface area contributed by atoms with Crippen LogP contribution in [0.2, 0.25) is 0 Å². The third kappa shape index (κ3) is 4.85. The molecule has 5 heteroatoms. The lowest BCUT2D eigenvalue weighted by Crippen LogP contribution is -2.22. The van der Waals surface area contributed by atoms with Crippen molar-refractivity contribution in [1.29, 1.82) is 0 Å². The molecule has 0 spiro atoms. The Bertz CT molecular complexity index is 706.